The topological polar surface area (TPSA) is 44.8 Å². The standard InChI is InChI=1S/C19H26O4/c1-14(2)7-6-8-15(3)11-12-23-18-13-16(19(20)22-5)9-10-17(18)21-4/h7,9-11,13H,6,8,12H2,1-5H3. The van der Waals surface area contributed by atoms with E-state index in [9.17, 15) is 4.79 Å². The fraction of sp³-hybridized carbons (Fsp3) is 0.421. The van der Waals surface area contributed by atoms with Gasteiger partial charge in [0.15, 0.2) is 11.5 Å². The van der Waals surface area contributed by atoms with Crippen LogP contribution in [0.3, 0.4) is 0 Å². The van der Waals surface area contributed by atoms with Crippen molar-refractivity contribution in [1.82, 2.24) is 0 Å². The Bertz CT molecular complexity index is 581. The van der Waals surface area contributed by atoms with Crippen LogP contribution in [-0.4, -0.2) is 26.8 Å². The van der Waals surface area contributed by atoms with Gasteiger partial charge in [0, 0.05) is 0 Å². The molecule has 0 saturated heterocycles. The number of ether oxygens (including phenoxy) is 3. The summed E-state index contributed by atoms with van der Waals surface area (Å²) in [4.78, 5) is 11.6. The summed E-state index contributed by atoms with van der Waals surface area (Å²) in [6.45, 7) is 6.72. The van der Waals surface area contributed by atoms with Gasteiger partial charge in [-0.05, 0) is 57.9 Å². The molecule has 1 aromatic carbocycles. The lowest BCUT2D eigenvalue weighted by Gasteiger charge is -2.11. The number of allylic oxidation sites excluding steroid dienone is 3. The smallest absolute Gasteiger partial charge is 0.337 e. The summed E-state index contributed by atoms with van der Waals surface area (Å²) in [5.74, 6) is 0.725. The number of hydrogen-bond acceptors (Lipinski definition) is 4. The van der Waals surface area contributed by atoms with Gasteiger partial charge in [0.1, 0.15) is 6.61 Å². The third kappa shape index (κ3) is 6.59. The van der Waals surface area contributed by atoms with Gasteiger partial charge in [0.25, 0.3) is 0 Å². The van der Waals surface area contributed by atoms with E-state index in [0.29, 0.717) is 23.7 Å². The molecule has 0 aliphatic heterocycles. The van der Waals surface area contributed by atoms with Gasteiger partial charge in [0.05, 0.1) is 19.8 Å². The Balaban J connectivity index is 2.68. The number of hydrogen-bond donors (Lipinski definition) is 0. The van der Waals surface area contributed by atoms with Crippen LogP contribution >= 0.6 is 0 Å². The highest BCUT2D eigenvalue weighted by molar-refractivity contribution is 5.90. The number of rotatable bonds is 8. The minimum atomic E-state index is -0.397. The second kappa shape index (κ2) is 9.72. The van der Waals surface area contributed by atoms with Gasteiger partial charge in [-0.1, -0.05) is 17.2 Å². The molecule has 1 rings (SSSR count). The van der Waals surface area contributed by atoms with E-state index in [4.69, 9.17) is 14.2 Å². The van der Waals surface area contributed by atoms with Crippen molar-refractivity contribution in [1.29, 1.82) is 0 Å². The highest BCUT2D eigenvalue weighted by Crippen LogP contribution is 2.28. The summed E-state index contributed by atoms with van der Waals surface area (Å²) >= 11 is 0. The Morgan fingerprint density at radius 2 is 1.83 bits per heavy atom. The van der Waals surface area contributed by atoms with Crippen LogP contribution in [0.15, 0.2) is 41.5 Å². The molecule has 4 heteroatoms. The van der Waals surface area contributed by atoms with Gasteiger partial charge in [-0.2, -0.15) is 0 Å². The van der Waals surface area contributed by atoms with E-state index >= 15 is 0 Å². The van der Waals surface area contributed by atoms with Gasteiger partial charge in [-0.25, -0.2) is 4.79 Å². The van der Waals surface area contributed by atoms with Gasteiger partial charge < -0.3 is 14.2 Å². The molecular weight excluding hydrogens is 292 g/mol. The largest absolute Gasteiger partial charge is 0.493 e. The summed E-state index contributed by atoms with van der Waals surface area (Å²) in [6, 6.07) is 4.99. The summed E-state index contributed by atoms with van der Waals surface area (Å²) in [5, 5.41) is 0. The number of methoxy groups -OCH3 is 2. The second-order valence-corrected chi connectivity index (χ2v) is 5.54. The van der Waals surface area contributed by atoms with E-state index in [1.165, 1.54) is 18.3 Å². The van der Waals surface area contributed by atoms with Crippen molar-refractivity contribution >= 4 is 5.97 Å². The SMILES string of the molecule is COC(=O)c1ccc(OC)c(OCC=C(C)CCC=C(C)C)c1. The Kier molecular flexibility index (Phi) is 7.95. The molecular formula is C19H26O4. The van der Waals surface area contributed by atoms with Crippen LogP contribution in [-0.2, 0) is 4.74 Å². The third-order valence-corrected chi connectivity index (χ3v) is 3.35. The molecule has 0 radical (unpaired) electrons. The van der Waals surface area contributed by atoms with Gasteiger partial charge in [-0.3, -0.25) is 0 Å². The summed E-state index contributed by atoms with van der Waals surface area (Å²) in [6.07, 6.45) is 6.31. The minimum Gasteiger partial charge on any atom is -0.493 e. The minimum absolute atomic E-state index is 0.397. The molecule has 4 nitrogen and oxygen atoms in total. The Morgan fingerprint density at radius 3 is 2.43 bits per heavy atom. The lowest BCUT2D eigenvalue weighted by Crippen LogP contribution is -2.03. The first-order chi connectivity index (χ1) is 11.0. The Hall–Kier alpha value is -2.23. The van der Waals surface area contributed by atoms with Crippen LogP contribution in [0.25, 0.3) is 0 Å². The Morgan fingerprint density at radius 1 is 1.09 bits per heavy atom. The molecule has 0 fully saturated rings. The highest BCUT2D eigenvalue weighted by Gasteiger charge is 2.11. The van der Waals surface area contributed by atoms with E-state index < -0.39 is 5.97 Å². The summed E-state index contributed by atoms with van der Waals surface area (Å²) < 4.78 is 15.7. The maximum absolute atomic E-state index is 11.6. The number of carbonyl (C=O) groups is 1. The van der Waals surface area contributed by atoms with Crippen LogP contribution < -0.4 is 9.47 Å². The van der Waals surface area contributed by atoms with E-state index in [1.54, 1.807) is 25.3 Å². The van der Waals surface area contributed by atoms with E-state index in [-0.39, 0.29) is 0 Å². The molecule has 0 spiro atoms. The molecule has 0 saturated carbocycles. The maximum atomic E-state index is 11.6. The van der Waals surface area contributed by atoms with Crippen LogP contribution in [0, 0.1) is 0 Å². The van der Waals surface area contributed by atoms with Crippen LogP contribution in [0.1, 0.15) is 44.0 Å². The fourth-order valence-electron chi connectivity index (χ4n) is 2.00. The summed E-state index contributed by atoms with van der Waals surface area (Å²) in [7, 11) is 2.92. The molecule has 1 aromatic rings. The van der Waals surface area contributed by atoms with Crippen molar-refractivity contribution in [2.24, 2.45) is 0 Å². The molecule has 0 aliphatic rings. The molecule has 0 unspecified atom stereocenters. The zero-order chi connectivity index (χ0) is 17.2. The molecule has 0 atom stereocenters. The van der Waals surface area contributed by atoms with Gasteiger partial charge in [-0.15, -0.1) is 0 Å². The predicted octanol–water partition coefficient (Wildman–Crippen LogP) is 4.55. The quantitative estimate of drug-likeness (QED) is 0.521. The van der Waals surface area contributed by atoms with E-state index in [2.05, 4.69) is 26.8 Å². The molecule has 0 aromatic heterocycles. The normalized spacial score (nSPS) is 10.9. The molecule has 0 N–H and O–H groups in total. The average Bonchev–Trinajstić information content (AvgIpc) is 2.53. The zero-order valence-electron chi connectivity index (χ0n) is 14.6. The van der Waals surface area contributed by atoms with Crippen LogP contribution in [0.4, 0.5) is 0 Å². The number of benzene rings is 1. The van der Waals surface area contributed by atoms with Gasteiger partial charge >= 0.3 is 5.97 Å². The van der Waals surface area contributed by atoms with Crippen molar-refractivity contribution < 1.29 is 19.0 Å². The van der Waals surface area contributed by atoms with E-state index in [1.807, 2.05) is 6.08 Å². The number of esters is 1. The fourth-order valence-corrected chi connectivity index (χ4v) is 2.00. The van der Waals surface area contributed by atoms with Crippen molar-refractivity contribution in [3.05, 3.63) is 47.1 Å². The first-order valence-corrected chi connectivity index (χ1v) is 7.66. The van der Waals surface area contributed by atoms with E-state index in [0.717, 1.165) is 12.8 Å². The Labute approximate surface area is 138 Å². The van der Waals surface area contributed by atoms with Crippen molar-refractivity contribution in [3.63, 3.8) is 0 Å². The molecule has 126 valence electrons. The lowest BCUT2D eigenvalue weighted by atomic mass is 10.1. The molecule has 0 heterocycles. The highest BCUT2D eigenvalue weighted by atomic mass is 16.5. The first-order valence-electron chi connectivity index (χ1n) is 7.66. The first kappa shape index (κ1) is 18.8. The lowest BCUT2D eigenvalue weighted by molar-refractivity contribution is 0.0600. The maximum Gasteiger partial charge on any atom is 0.337 e. The zero-order valence-corrected chi connectivity index (χ0v) is 14.6. The van der Waals surface area contributed by atoms with Crippen molar-refractivity contribution in [3.8, 4) is 11.5 Å². The van der Waals surface area contributed by atoms with Gasteiger partial charge in [0.2, 0.25) is 0 Å². The molecule has 23 heavy (non-hydrogen) atoms. The van der Waals surface area contributed by atoms with Crippen LogP contribution in [0.5, 0.6) is 11.5 Å². The van der Waals surface area contributed by atoms with Crippen molar-refractivity contribution in [2.75, 3.05) is 20.8 Å². The van der Waals surface area contributed by atoms with Crippen LogP contribution in [0.2, 0.25) is 0 Å². The summed E-state index contributed by atoms with van der Waals surface area (Å²) in [5.41, 5.74) is 3.04. The molecule has 0 bridgehead atoms. The monoisotopic (exact) mass is 318 g/mol. The molecule has 0 aliphatic carbocycles. The number of carbonyl (C=O) groups excluding carboxylic acids is 1. The second-order valence-electron chi connectivity index (χ2n) is 5.54. The average molecular weight is 318 g/mol. The predicted molar refractivity (Wildman–Crippen MR) is 92.3 cm³/mol. The third-order valence-electron chi connectivity index (χ3n) is 3.35. The van der Waals surface area contributed by atoms with Crippen molar-refractivity contribution in [2.45, 2.75) is 33.6 Å². The molecule has 0 amide bonds.